The van der Waals surface area contributed by atoms with Crippen LogP contribution in [0.5, 0.6) is 0 Å². The molecule has 0 aliphatic rings. The van der Waals surface area contributed by atoms with Crippen LogP contribution in [0.3, 0.4) is 0 Å². The van der Waals surface area contributed by atoms with E-state index in [9.17, 15) is 9.90 Å². The van der Waals surface area contributed by atoms with Crippen LogP contribution in [0.2, 0.25) is 0 Å². The maximum Gasteiger partial charge on any atom is 0.349 e. The second-order valence-corrected chi connectivity index (χ2v) is 6.63. The van der Waals surface area contributed by atoms with E-state index in [4.69, 9.17) is 0 Å². The van der Waals surface area contributed by atoms with E-state index in [1.165, 1.54) is 44.3 Å². The smallest absolute Gasteiger partial charge is 0.349 e. The number of carboxylic acid groups (broad SMARTS) is 1. The second kappa shape index (κ2) is 10.5. The first-order chi connectivity index (χ1) is 11.0. The summed E-state index contributed by atoms with van der Waals surface area (Å²) in [6.45, 7) is 9.23. The Hall–Kier alpha value is -1.32. The lowest BCUT2D eigenvalue weighted by atomic mass is 10.1. The van der Waals surface area contributed by atoms with Gasteiger partial charge in [0.15, 0.2) is 6.04 Å². The van der Waals surface area contributed by atoms with Gasteiger partial charge < -0.3 is 5.11 Å². The molecule has 132 valence electrons. The molecule has 0 aromatic carbocycles. The van der Waals surface area contributed by atoms with Crippen LogP contribution < -0.4 is 4.57 Å². The minimum Gasteiger partial charge on any atom is -0.478 e. The molecular weight excluding hydrogens is 288 g/mol. The zero-order valence-electron chi connectivity index (χ0n) is 15.5. The van der Waals surface area contributed by atoms with Gasteiger partial charge in [0.05, 0.1) is 6.54 Å². The Balaban J connectivity index is 2.68. The molecule has 0 spiro atoms. The summed E-state index contributed by atoms with van der Waals surface area (Å²) in [6.07, 6.45) is 13.0. The molecule has 1 heterocycles. The molecule has 0 radical (unpaired) electrons. The van der Waals surface area contributed by atoms with Crippen LogP contribution in [0, 0.1) is 6.92 Å². The molecule has 0 amide bonds. The molecule has 23 heavy (non-hydrogen) atoms. The van der Waals surface area contributed by atoms with Crippen molar-refractivity contribution in [3.63, 3.8) is 0 Å². The second-order valence-electron chi connectivity index (χ2n) is 6.63. The van der Waals surface area contributed by atoms with Crippen molar-refractivity contribution in [2.24, 2.45) is 0 Å². The van der Waals surface area contributed by atoms with Gasteiger partial charge in [-0.3, -0.25) is 0 Å². The average Bonchev–Trinajstić information content (AvgIpc) is 2.82. The van der Waals surface area contributed by atoms with Crippen molar-refractivity contribution in [2.45, 2.75) is 98.1 Å². The van der Waals surface area contributed by atoms with Crippen molar-refractivity contribution < 1.29 is 14.5 Å². The van der Waals surface area contributed by atoms with Gasteiger partial charge in [-0.2, -0.15) is 0 Å². The number of nitrogens with zero attached hydrogens (tertiary/aromatic N) is 2. The molecule has 1 rings (SSSR count). The Bertz CT molecular complexity index is 480. The lowest BCUT2D eigenvalue weighted by Gasteiger charge is -2.08. The van der Waals surface area contributed by atoms with Crippen LogP contribution in [0.25, 0.3) is 0 Å². The minimum absolute atomic E-state index is 0.494. The van der Waals surface area contributed by atoms with E-state index >= 15 is 0 Å². The summed E-state index contributed by atoms with van der Waals surface area (Å²) >= 11 is 0. The molecule has 1 aromatic heterocycles. The van der Waals surface area contributed by atoms with Gasteiger partial charge in [0, 0.05) is 13.3 Å². The summed E-state index contributed by atoms with van der Waals surface area (Å²) in [4.78, 5) is 11.4. The fourth-order valence-electron chi connectivity index (χ4n) is 3.18. The molecular formula is C19H35N2O2+. The lowest BCUT2D eigenvalue weighted by Crippen LogP contribution is -2.44. The van der Waals surface area contributed by atoms with Gasteiger partial charge >= 0.3 is 5.97 Å². The van der Waals surface area contributed by atoms with Gasteiger partial charge in [-0.1, -0.05) is 52.4 Å². The number of imidazole rings is 1. The molecule has 4 heteroatoms. The van der Waals surface area contributed by atoms with Crippen molar-refractivity contribution in [1.29, 1.82) is 0 Å². The highest BCUT2D eigenvalue weighted by molar-refractivity contribution is 5.69. The summed E-state index contributed by atoms with van der Waals surface area (Å²) < 4.78 is 4.26. The number of rotatable bonds is 12. The summed E-state index contributed by atoms with van der Waals surface area (Å²) in [5, 5.41) is 9.35. The Morgan fingerprint density at radius 2 is 1.74 bits per heavy atom. The zero-order chi connectivity index (χ0) is 17.2. The molecule has 0 aliphatic heterocycles. The predicted octanol–water partition coefficient (Wildman–Crippen LogP) is 4.43. The molecule has 4 nitrogen and oxygen atoms in total. The SMILES string of the molecule is CCCCCCCCCc1n(CCC)c(C)c[n+]1C(C)C(=O)O. The molecule has 1 unspecified atom stereocenters. The van der Waals surface area contributed by atoms with Crippen molar-refractivity contribution in [3.05, 3.63) is 17.7 Å². The van der Waals surface area contributed by atoms with E-state index in [2.05, 4.69) is 25.3 Å². The number of aromatic nitrogens is 2. The van der Waals surface area contributed by atoms with Gasteiger partial charge in [0.1, 0.15) is 11.9 Å². The number of unbranched alkanes of at least 4 members (excludes halogenated alkanes) is 6. The van der Waals surface area contributed by atoms with Crippen LogP contribution in [0.4, 0.5) is 0 Å². The molecule has 1 N–H and O–H groups in total. The van der Waals surface area contributed by atoms with Gasteiger partial charge in [0.25, 0.3) is 5.82 Å². The van der Waals surface area contributed by atoms with Crippen LogP contribution in [-0.2, 0) is 17.8 Å². The maximum atomic E-state index is 11.4. The fraction of sp³-hybridized carbons (Fsp3) is 0.789. The molecule has 0 bridgehead atoms. The van der Waals surface area contributed by atoms with E-state index in [-0.39, 0.29) is 0 Å². The quantitative estimate of drug-likeness (QED) is 0.457. The van der Waals surface area contributed by atoms with Gasteiger partial charge in [-0.05, 0) is 19.8 Å². The van der Waals surface area contributed by atoms with Gasteiger partial charge in [-0.15, -0.1) is 0 Å². The largest absolute Gasteiger partial charge is 0.478 e. The predicted molar refractivity (Wildman–Crippen MR) is 93.7 cm³/mol. The number of aliphatic carboxylic acids is 1. The summed E-state index contributed by atoms with van der Waals surface area (Å²) in [6, 6.07) is -0.494. The fourth-order valence-corrected chi connectivity index (χ4v) is 3.18. The van der Waals surface area contributed by atoms with E-state index in [0.717, 1.165) is 31.5 Å². The Kier molecular flexibility index (Phi) is 8.97. The minimum atomic E-state index is -0.760. The molecule has 0 saturated heterocycles. The summed E-state index contributed by atoms with van der Waals surface area (Å²) in [5.74, 6) is 0.414. The van der Waals surface area contributed by atoms with E-state index < -0.39 is 12.0 Å². The molecule has 0 aliphatic carbocycles. The maximum absolute atomic E-state index is 11.4. The van der Waals surface area contributed by atoms with E-state index in [1.54, 1.807) is 6.92 Å². The highest BCUT2D eigenvalue weighted by Crippen LogP contribution is 2.13. The topological polar surface area (TPSA) is 46.1 Å². The Morgan fingerprint density at radius 1 is 1.13 bits per heavy atom. The van der Waals surface area contributed by atoms with Gasteiger partial charge in [-0.25, -0.2) is 13.9 Å². The number of hydrogen-bond acceptors (Lipinski definition) is 1. The van der Waals surface area contributed by atoms with Crippen molar-refractivity contribution in [1.82, 2.24) is 4.57 Å². The molecule has 1 atom stereocenters. The lowest BCUT2D eigenvalue weighted by molar-refractivity contribution is -0.714. The number of hydrogen-bond donors (Lipinski definition) is 1. The first-order valence-corrected chi connectivity index (χ1v) is 9.35. The Labute approximate surface area is 141 Å². The highest BCUT2D eigenvalue weighted by Gasteiger charge is 2.27. The van der Waals surface area contributed by atoms with Gasteiger partial charge in [0.2, 0.25) is 0 Å². The van der Waals surface area contributed by atoms with E-state index in [0.29, 0.717) is 0 Å². The van der Waals surface area contributed by atoms with Crippen molar-refractivity contribution in [2.75, 3.05) is 0 Å². The molecule has 0 saturated carbocycles. The van der Waals surface area contributed by atoms with Crippen LogP contribution in [0.1, 0.15) is 89.7 Å². The monoisotopic (exact) mass is 323 g/mol. The first kappa shape index (κ1) is 19.7. The van der Waals surface area contributed by atoms with Crippen LogP contribution in [-0.4, -0.2) is 15.6 Å². The third-order valence-electron chi connectivity index (χ3n) is 4.59. The highest BCUT2D eigenvalue weighted by atomic mass is 16.4. The number of carbonyl (C=O) groups is 1. The third kappa shape index (κ3) is 6.00. The average molecular weight is 324 g/mol. The molecule has 0 fully saturated rings. The van der Waals surface area contributed by atoms with Crippen molar-refractivity contribution >= 4 is 5.97 Å². The number of aryl methyl sites for hydroxylation is 1. The number of carboxylic acids is 1. The summed E-state index contributed by atoms with van der Waals surface area (Å²) in [5.41, 5.74) is 1.16. The first-order valence-electron chi connectivity index (χ1n) is 9.35. The van der Waals surface area contributed by atoms with E-state index in [1.807, 2.05) is 10.8 Å². The molecule has 1 aromatic rings. The standard InChI is InChI=1S/C19H34N2O2/c1-5-7-8-9-10-11-12-13-18-20(14-6-2)16(3)15-21(18)17(4)19(22)23/h15,17H,5-14H2,1-4H3/p+1. The Morgan fingerprint density at radius 3 is 2.30 bits per heavy atom. The normalized spacial score (nSPS) is 12.5. The van der Waals surface area contributed by atoms with Crippen LogP contribution >= 0.6 is 0 Å². The van der Waals surface area contributed by atoms with Crippen molar-refractivity contribution in [3.8, 4) is 0 Å². The summed E-state index contributed by atoms with van der Waals surface area (Å²) in [7, 11) is 0. The zero-order valence-corrected chi connectivity index (χ0v) is 15.5. The van der Waals surface area contributed by atoms with Crippen LogP contribution in [0.15, 0.2) is 6.20 Å². The third-order valence-corrected chi connectivity index (χ3v) is 4.59.